The molecule has 1 aliphatic rings. The van der Waals surface area contributed by atoms with Crippen molar-refractivity contribution < 1.29 is 23.6 Å². The van der Waals surface area contributed by atoms with E-state index in [4.69, 9.17) is 14.0 Å². The van der Waals surface area contributed by atoms with Gasteiger partial charge >= 0.3 is 5.97 Å². The monoisotopic (exact) mass is 373 g/mol. The number of rotatable bonds is 6. The van der Waals surface area contributed by atoms with Crippen LogP contribution in [-0.4, -0.2) is 54.3 Å². The van der Waals surface area contributed by atoms with Crippen molar-refractivity contribution in [2.45, 2.75) is 26.5 Å². The molecule has 8 heteroatoms. The van der Waals surface area contributed by atoms with Gasteiger partial charge in [0.15, 0.2) is 11.9 Å². The molecule has 0 bridgehead atoms. The van der Waals surface area contributed by atoms with Gasteiger partial charge in [-0.2, -0.15) is 0 Å². The molecule has 0 aliphatic carbocycles. The van der Waals surface area contributed by atoms with Gasteiger partial charge in [-0.25, -0.2) is 4.79 Å². The van der Waals surface area contributed by atoms with E-state index in [2.05, 4.69) is 15.4 Å². The molecule has 3 rings (SSSR count). The zero-order valence-electron chi connectivity index (χ0n) is 15.4. The smallest absolute Gasteiger partial charge is 0.338 e. The molecular formula is C19H23N3O5. The SMILES string of the molecule is Cc1cc(NC(=O)[C@@H](C)OC(=O)c2ccc(CN3CCOCC3)cc2)no1. The Hall–Kier alpha value is -2.71. The summed E-state index contributed by atoms with van der Waals surface area (Å²) in [6.07, 6.45) is -0.956. The van der Waals surface area contributed by atoms with E-state index in [1.165, 1.54) is 6.92 Å². The van der Waals surface area contributed by atoms with E-state index in [-0.39, 0.29) is 5.82 Å². The summed E-state index contributed by atoms with van der Waals surface area (Å²) in [5.41, 5.74) is 1.51. The Labute approximate surface area is 157 Å². The third kappa shape index (κ3) is 5.38. The van der Waals surface area contributed by atoms with Crippen LogP contribution in [0.25, 0.3) is 0 Å². The molecule has 1 fully saturated rings. The average molecular weight is 373 g/mol. The molecule has 1 N–H and O–H groups in total. The number of carbonyl (C=O) groups excluding carboxylic acids is 2. The molecule has 0 radical (unpaired) electrons. The Morgan fingerprint density at radius 1 is 1.26 bits per heavy atom. The number of esters is 1. The number of benzene rings is 1. The van der Waals surface area contributed by atoms with Gasteiger partial charge in [-0.1, -0.05) is 17.3 Å². The molecular weight excluding hydrogens is 350 g/mol. The number of nitrogens with zero attached hydrogens (tertiary/aromatic N) is 2. The molecule has 1 saturated heterocycles. The van der Waals surface area contributed by atoms with E-state index in [1.807, 2.05) is 12.1 Å². The van der Waals surface area contributed by atoms with Crippen molar-refractivity contribution in [3.05, 3.63) is 47.2 Å². The highest BCUT2D eigenvalue weighted by Crippen LogP contribution is 2.12. The standard InChI is InChI=1S/C19H23N3O5/c1-13-11-17(21-27-13)20-18(23)14(2)26-19(24)16-5-3-15(4-6-16)12-22-7-9-25-10-8-22/h3-6,11,14H,7-10,12H2,1-2H3,(H,20,21,23)/t14-/m1/s1. The van der Waals surface area contributed by atoms with Crippen LogP contribution < -0.4 is 5.32 Å². The second kappa shape index (κ2) is 8.79. The lowest BCUT2D eigenvalue weighted by molar-refractivity contribution is -0.123. The van der Waals surface area contributed by atoms with Gasteiger partial charge in [-0.05, 0) is 31.5 Å². The van der Waals surface area contributed by atoms with Crippen LogP contribution in [0.2, 0.25) is 0 Å². The summed E-state index contributed by atoms with van der Waals surface area (Å²) in [4.78, 5) is 26.6. The second-order valence-corrected chi connectivity index (χ2v) is 6.45. The summed E-state index contributed by atoms with van der Waals surface area (Å²) < 4.78 is 15.4. The fraction of sp³-hybridized carbons (Fsp3) is 0.421. The van der Waals surface area contributed by atoms with Crippen LogP contribution in [0.15, 0.2) is 34.9 Å². The van der Waals surface area contributed by atoms with Crippen LogP contribution in [0, 0.1) is 6.92 Å². The Bertz CT molecular complexity index is 781. The summed E-state index contributed by atoms with van der Waals surface area (Å²) in [6.45, 7) is 7.34. The van der Waals surface area contributed by atoms with E-state index in [9.17, 15) is 9.59 Å². The minimum Gasteiger partial charge on any atom is -0.449 e. The van der Waals surface area contributed by atoms with E-state index in [0.717, 1.165) is 38.4 Å². The number of aryl methyl sites for hydroxylation is 1. The Morgan fingerprint density at radius 2 is 1.96 bits per heavy atom. The van der Waals surface area contributed by atoms with Gasteiger partial charge < -0.3 is 19.3 Å². The summed E-state index contributed by atoms with van der Waals surface area (Å²) >= 11 is 0. The highest BCUT2D eigenvalue weighted by atomic mass is 16.5. The van der Waals surface area contributed by atoms with E-state index < -0.39 is 18.0 Å². The molecule has 0 spiro atoms. The maximum absolute atomic E-state index is 12.3. The molecule has 8 nitrogen and oxygen atoms in total. The summed E-state index contributed by atoms with van der Waals surface area (Å²) in [5.74, 6) is -0.160. The van der Waals surface area contributed by atoms with E-state index in [0.29, 0.717) is 11.3 Å². The van der Waals surface area contributed by atoms with Crippen molar-refractivity contribution in [2.24, 2.45) is 0 Å². The van der Waals surface area contributed by atoms with Crippen LogP contribution in [0.5, 0.6) is 0 Å². The predicted octanol–water partition coefficient (Wildman–Crippen LogP) is 2.00. The van der Waals surface area contributed by atoms with Gasteiger partial charge in [0.25, 0.3) is 5.91 Å². The molecule has 144 valence electrons. The number of carbonyl (C=O) groups is 2. The summed E-state index contributed by atoms with van der Waals surface area (Å²) in [7, 11) is 0. The van der Waals surface area contributed by atoms with Crippen molar-refractivity contribution in [1.29, 1.82) is 0 Å². The third-order valence-electron chi connectivity index (χ3n) is 4.23. The number of hydrogen-bond donors (Lipinski definition) is 1. The van der Waals surface area contributed by atoms with Crippen molar-refractivity contribution in [2.75, 3.05) is 31.6 Å². The maximum atomic E-state index is 12.3. The fourth-order valence-electron chi connectivity index (χ4n) is 2.70. The quantitative estimate of drug-likeness (QED) is 0.774. The van der Waals surface area contributed by atoms with Crippen LogP contribution >= 0.6 is 0 Å². The first kappa shape index (κ1) is 19.1. The van der Waals surface area contributed by atoms with Gasteiger partial charge in [0.05, 0.1) is 18.8 Å². The lowest BCUT2D eigenvalue weighted by atomic mass is 10.1. The first-order valence-corrected chi connectivity index (χ1v) is 8.85. The average Bonchev–Trinajstić information content (AvgIpc) is 3.07. The highest BCUT2D eigenvalue weighted by Gasteiger charge is 2.20. The van der Waals surface area contributed by atoms with Crippen molar-refractivity contribution in [1.82, 2.24) is 10.1 Å². The van der Waals surface area contributed by atoms with Crippen LogP contribution in [0.3, 0.4) is 0 Å². The molecule has 0 saturated carbocycles. The lowest BCUT2D eigenvalue weighted by Gasteiger charge is -2.26. The van der Waals surface area contributed by atoms with Crippen LogP contribution in [0.4, 0.5) is 5.82 Å². The molecule has 1 amide bonds. The van der Waals surface area contributed by atoms with Crippen molar-refractivity contribution in [3.8, 4) is 0 Å². The molecule has 2 heterocycles. The summed E-state index contributed by atoms with van der Waals surface area (Å²) in [5, 5.41) is 6.21. The third-order valence-corrected chi connectivity index (χ3v) is 4.23. The Balaban J connectivity index is 1.51. The van der Waals surface area contributed by atoms with Crippen LogP contribution in [-0.2, 0) is 20.8 Å². The molecule has 1 aromatic heterocycles. The molecule has 1 aliphatic heterocycles. The number of aromatic nitrogens is 1. The normalized spacial score (nSPS) is 15.9. The molecule has 2 aromatic rings. The fourth-order valence-corrected chi connectivity index (χ4v) is 2.70. The minimum absolute atomic E-state index is 0.285. The van der Waals surface area contributed by atoms with Gasteiger partial charge in [0.2, 0.25) is 0 Å². The summed E-state index contributed by atoms with van der Waals surface area (Å²) in [6, 6.07) is 8.80. The van der Waals surface area contributed by atoms with E-state index >= 15 is 0 Å². The highest BCUT2D eigenvalue weighted by molar-refractivity contribution is 5.96. The molecule has 27 heavy (non-hydrogen) atoms. The first-order valence-electron chi connectivity index (χ1n) is 8.85. The Kier molecular flexibility index (Phi) is 6.20. The van der Waals surface area contributed by atoms with E-state index in [1.54, 1.807) is 25.1 Å². The van der Waals surface area contributed by atoms with Gasteiger partial charge in [-0.15, -0.1) is 0 Å². The van der Waals surface area contributed by atoms with Gasteiger partial charge in [0, 0.05) is 25.7 Å². The van der Waals surface area contributed by atoms with Gasteiger partial charge in [0.1, 0.15) is 5.76 Å². The topological polar surface area (TPSA) is 93.9 Å². The van der Waals surface area contributed by atoms with Crippen LogP contribution in [0.1, 0.15) is 28.6 Å². The molecule has 1 atom stereocenters. The number of hydrogen-bond acceptors (Lipinski definition) is 7. The Morgan fingerprint density at radius 3 is 2.59 bits per heavy atom. The number of amides is 1. The number of anilines is 1. The number of ether oxygens (including phenoxy) is 2. The second-order valence-electron chi connectivity index (χ2n) is 6.45. The largest absolute Gasteiger partial charge is 0.449 e. The minimum atomic E-state index is -0.956. The molecule has 0 unspecified atom stereocenters. The number of nitrogens with one attached hydrogen (secondary N) is 1. The predicted molar refractivity (Wildman–Crippen MR) is 97.3 cm³/mol. The zero-order chi connectivity index (χ0) is 19.2. The van der Waals surface area contributed by atoms with Crippen molar-refractivity contribution in [3.63, 3.8) is 0 Å². The first-order chi connectivity index (χ1) is 13.0. The molecule has 1 aromatic carbocycles. The lowest BCUT2D eigenvalue weighted by Crippen LogP contribution is -2.35. The van der Waals surface area contributed by atoms with Gasteiger partial charge in [-0.3, -0.25) is 9.69 Å². The van der Waals surface area contributed by atoms with Crippen molar-refractivity contribution >= 4 is 17.7 Å². The zero-order valence-corrected chi connectivity index (χ0v) is 15.4. The number of morpholine rings is 1. The maximum Gasteiger partial charge on any atom is 0.338 e.